The maximum Gasteiger partial charge on any atom is 0.240 e. The Labute approximate surface area is 171 Å². The number of anilines is 1. The number of nitrogens with zero attached hydrogens (tertiary/aromatic N) is 2. The fraction of sp³-hybridized carbons (Fsp3) is 0.611. The summed E-state index contributed by atoms with van der Waals surface area (Å²) in [5.74, 6) is -0.368. The predicted octanol–water partition coefficient (Wildman–Crippen LogP) is 3.14. The van der Waals surface area contributed by atoms with Gasteiger partial charge in [-0.1, -0.05) is 42.1 Å². The second-order valence-corrected chi connectivity index (χ2v) is 9.49. The van der Waals surface area contributed by atoms with Crippen LogP contribution in [0.4, 0.5) is 5.69 Å². The number of sulfonamides is 1. The molecule has 27 heavy (non-hydrogen) atoms. The minimum absolute atomic E-state index is 0.110. The Morgan fingerprint density at radius 3 is 2.48 bits per heavy atom. The average molecular weight is 436 g/mol. The Morgan fingerprint density at radius 1 is 1.19 bits per heavy atom. The number of carbonyl (C=O) groups excluding carboxylic acids is 1. The highest BCUT2D eigenvalue weighted by Gasteiger charge is 2.23. The third kappa shape index (κ3) is 7.14. The van der Waals surface area contributed by atoms with Gasteiger partial charge in [0.2, 0.25) is 15.9 Å². The summed E-state index contributed by atoms with van der Waals surface area (Å²) in [4.78, 5) is 14.7. The number of hydrogen-bond donors (Lipinski definition) is 1. The molecule has 0 saturated carbocycles. The molecule has 0 radical (unpaired) electrons. The van der Waals surface area contributed by atoms with Crippen LogP contribution in [0.15, 0.2) is 18.2 Å². The molecule has 1 saturated heterocycles. The first-order chi connectivity index (χ1) is 12.8. The monoisotopic (exact) mass is 435 g/mol. The lowest BCUT2D eigenvalue weighted by Gasteiger charge is -2.23. The van der Waals surface area contributed by atoms with Gasteiger partial charge in [0.1, 0.15) is 6.54 Å². The SMILES string of the molecule is CS(=O)(=O)N(CC(=O)NCCCN1CCCCCC1)c1cccc(Cl)c1Cl. The number of halogens is 2. The van der Waals surface area contributed by atoms with Gasteiger partial charge in [0.15, 0.2) is 0 Å². The molecule has 1 aromatic carbocycles. The number of amides is 1. The number of hydrogen-bond acceptors (Lipinski definition) is 4. The molecular formula is C18H27Cl2N3O3S. The molecule has 1 aromatic rings. The summed E-state index contributed by atoms with van der Waals surface area (Å²) in [5.41, 5.74) is 0.200. The second kappa shape index (κ2) is 10.5. The van der Waals surface area contributed by atoms with Crippen LogP contribution in [0.2, 0.25) is 10.0 Å². The summed E-state index contributed by atoms with van der Waals surface area (Å²) in [6, 6.07) is 4.69. The van der Waals surface area contributed by atoms with Gasteiger partial charge in [-0.05, 0) is 51.0 Å². The summed E-state index contributed by atoms with van der Waals surface area (Å²) in [5, 5.41) is 3.14. The zero-order chi connectivity index (χ0) is 19.9. The van der Waals surface area contributed by atoms with Gasteiger partial charge < -0.3 is 10.2 Å². The Hall–Kier alpha value is -1.02. The van der Waals surface area contributed by atoms with E-state index in [1.54, 1.807) is 12.1 Å². The maximum absolute atomic E-state index is 12.3. The van der Waals surface area contributed by atoms with Crippen molar-refractivity contribution in [3.63, 3.8) is 0 Å². The van der Waals surface area contributed by atoms with E-state index in [2.05, 4.69) is 10.2 Å². The lowest BCUT2D eigenvalue weighted by molar-refractivity contribution is -0.119. The van der Waals surface area contributed by atoms with Gasteiger partial charge in [0, 0.05) is 6.54 Å². The van der Waals surface area contributed by atoms with E-state index in [-0.39, 0.29) is 28.2 Å². The quantitative estimate of drug-likeness (QED) is 0.636. The van der Waals surface area contributed by atoms with Crippen LogP contribution >= 0.6 is 23.2 Å². The van der Waals surface area contributed by atoms with Crippen molar-refractivity contribution >= 4 is 44.8 Å². The van der Waals surface area contributed by atoms with Crippen molar-refractivity contribution in [1.82, 2.24) is 10.2 Å². The molecule has 0 unspecified atom stereocenters. The van der Waals surface area contributed by atoms with Gasteiger partial charge in [-0.3, -0.25) is 9.10 Å². The average Bonchev–Trinajstić information content (AvgIpc) is 2.87. The highest BCUT2D eigenvalue weighted by molar-refractivity contribution is 7.92. The lowest BCUT2D eigenvalue weighted by Crippen LogP contribution is -2.41. The van der Waals surface area contributed by atoms with Crippen LogP contribution in [-0.2, 0) is 14.8 Å². The first-order valence-corrected chi connectivity index (χ1v) is 11.8. The Bertz CT molecular complexity index is 735. The largest absolute Gasteiger partial charge is 0.354 e. The van der Waals surface area contributed by atoms with E-state index in [1.165, 1.54) is 31.7 Å². The summed E-state index contributed by atoms with van der Waals surface area (Å²) in [6.45, 7) is 3.35. The minimum Gasteiger partial charge on any atom is -0.354 e. The fourth-order valence-electron chi connectivity index (χ4n) is 3.14. The highest BCUT2D eigenvalue weighted by Crippen LogP contribution is 2.33. The summed E-state index contributed by atoms with van der Waals surface area (Å²) in [7, 11) is -3.68. The first kappa shape index (κ1) is 22.3. The van der Waals surface area contributed by atoms with Crippen molar-refractivity contribution in [3.8, 4) is 0 Å². The van der Waals surface area contributed by atoms with Gasteiger partial charge in [-0.2, -0.15) is 0 Å². The first-order valence-electron chi connectivity index (χ1n) is 9.20. The predicted molar refractivity (Wildman–Crippen MR) is 111 cm³/mol. The molecule has 9 heteroatoms. The van der Waals surface area contributed by atoms with Crippen molar-refractivity contribution < 1.29 is 13.2 Å². The van der Waals surface area contributed by atoms with Gasteiger partial charge in [0.05, 0.1) is 22.0 Å². The topological polar surface area (TPSA) is 69.7 Å². The molecule has 1 heterocycles. The van der Waals surface area contributed by atoms with Gasteiger partial charge >= 0.3 is 0 Å². The van der Waals surface area contributed by atoms with Crippen molar-refractivity contribution in [2.75, 3.05) is 43.3 Å². The van der Waals surface area contributed by atoms with Crippen molar-refractivity contribution in [3.05, 3.63) is 28.2 Å². The van der Waals surface area contributed by atoms with Crippen molar-refractivity contribution in [1.29, 1.82) is 0 Å². The molecule has 0 aromatic heterocycles. The Kier molecular flexibility index (Phi) is 8.66. The van der Waals surface area contributed by atoms with Crippen LogP contribution in [0.25, 0.3) is 0 Å². The molecule has 1 amide bonds. The van der Waals surface area contributed by atoms with E-state index in [1.807, 2.05) is 0 Å². The summed E-state index contributed by atoms with van der Waals surface area (Å²) >= 11 is 12.1. The molecule has 2 rings (SSSR count). The van der Waals surface area contributed by atoms with E-state index in [0.717, 1.165) is 36.6 Å². The van der Waals surface area contributed by atoms with E-state index < -0.39 is 10.0 Å². The molecule has 152 valence electrons. The third-order valence-electron chi connectivity index (χ3n) is 4.56. The minimum atomic E-state index is -3.68. The standard InChI is InChI=1S/C18H27Cl2N3O3S/c1-27(25,26)23(16-9-6-8-15(19)18(16)20)14-17(24)21-10-7-13-22-11-4-2-3-5-12-22/h6,8-9H,2-5,7,10-14H2,1H3,(H,21,24). The van der Waals surface area contributed by atoms with E-state index in [4.69, 9.17) is 23.2 Å². The van der Waals surface area contributed by atoms with E-state index in [9.17, 15) is 13.2 Å². The van der Waals surface area contributed by atoms with Gasteiger partial charge in [-0.15, -0.1) is 0 Å². The van der Waals surface area contributed by atoms with E-state index >= 15 is 0 Å². The molecule has 0 bridgehead atoms. The van der Waals surface area contributed by atoms with Gasteiger partial charge in [0.25, 0.3) is 0 Å². The smallest absolute Gasteiger partial charge is 0.240 e. The summed E-state index contributed by atoms with van der Waals surface area (Å²) in [6.07, 6.45) is 6.92. The molecule has 1 aliphatic heterocycles. The molecular weight excluding hydrogens is 409 g/mol. The van der Waals surface area contributed by atoms with Crippen molar-refractivity contribution in [2.24, 2.45) is 0 Å². The van der Waals surface area contributed by atoms with Gasteiger partial charge in [-0.25, -0.2) is 8.42 Å². The second-order valence-electron chi connectivity index (χ2n) is 6.80. The molecule has 0 atom stereocenters. The Balaban J connectivity index is 1.88. The van der Waals surface area contributed by atoms with E-state index in [0.29, 0.717) is 6.54 Å². The molecule has 0 aliphatic carbocycles. The maximum atomic E-state index is 12.3. The molecule has 1 N–H and O–H groups in total. The number of likely N-dealkylation sites (tertiary alicyclic amines) is 1. The Morgan fingerprint density at radius 2 is 1.85 bits per heavy atom. The molecule has 1 fully saturated rings. The van der Waals surface area contributed by atoms with Crippen LogP contribution in [0.5, 0.6) is 0 Å². The number of nitrogens with one attached hydrogen (secondary N) is 1. The zero-order valence-electron chi connectivity index (χ0n) is 15.6. The molecule has 1 aliphatic rings. The normalized spacial score (nSPS) is 16.0. The van der Waals surface area contributed by atoms with Crippen molar-refractivity contribution in [2.45, 2.75) is 32.1 Å². The van der Waals surface area contributed by atoms with Crippen LogP contribution in [0, 0.1) is 0 Å². The number of benzene rings is 1. The third-order valence-corrected chi connectivity index (χ3v) is 6.49. The number of rotatable bonds is 8. The fourth-order valence-corrected chi connectivity index (χ4v) is 4.45. The number of carbonyl (C=O) groups is 1. The molecule has 6 nitrogen and oxygen atoms in total. The van der Waals surface area contributed by atoms with Crippen LogP contribution in [0.1, 0.15) is 32.1 Å². The van der Waals surface area contributed by atoms with Crippen LogP contribution < -0.4 is 9.62 Å². The zero-order valence-corrected chi connectivity index (χ0v) is 17.9. The van der Waals surface area contributed by atoms with Crippen LogP contribution in [-0.4, -0.2) is 58.2 Å². The lowest BCUT2D eigenvalue weighted by atomic mass is 10.2. The van der Waals surface area contributed by atoms with Crippen LogP contribution in [0.3, 0.4) is 0 Å². The molecule has 0 spiro atoms. The highest BCUT2D eigenvalue weighted by atomic mass is 35.5. The summed E-state index contributed by atoms with van der Waals surface area (Å²) < 4.78 is 25.3.